The highest BCUT2D eigenvalue weighted by Gasteiger charge is 2.35. The lowest BCUT2D eigenvalue weighted by molar-refractivity contribution is -0.00461. The van der Waals surface area contributed by atoms with E-state index >= 15 is 0 Å². The van der Waals surface area contributed by atoms with Crippen molar-refractivity contribution in [1.29, 1.82) is 0 Å². The van der Waals surface area contributed by atoms with Gasteiger partial charge in [-0.1, -0.05) is 0 Å². The van der Waals surface area contributed by atoms with E-state index in [4.69, 9.17) is 15.3 Å². The summed E-state index contributed by atoms with van der Waals surface area (Å²) in [5.74, 6) is 5.66. The maximum atomic E-state index is 12.3. The van der Waals surface area contributed by atoms with Crippen molar-refractivity contribution in [3.63, 3.8) is 0 Å². The highest BCUT2D eigenvalue weighted by Crippen LogP contribution is 2.18. The van der Waals surface area contributed by atoms with E-state index in [0.717, 1.165) is 0 Å². The van der Waals surface area contributed by atoms with Gasteiger partial charge >= 0.3 is 0 Å². The van der Waals surface area contributed by atoms with Crippen LogP contribution in [0, 0.1) is 0 Å². The Hall–Kier alpha value is -1.70. The Morgan fingerprint density at radius 1 is 1.37 bits per heavy atom. The number of rotatable bonds is 4. The Morgan fingerprint density at radius 2 is 2.00 bits per heavy atom. The van der Waals surface area contributed by atoms with Crippen LogP contribution in [0.3, 0.4) is 0 Å². The Labute approximate surface area is 111 Å². The van der Waals surface area contributed by atoms with Crippen LogP contribution in [0.5, 0.6) is 0 Å². The molecule has 1 saturated heterocycles. The fourth-order valence-electron chi connectivity index (χ4n) is 2.15. The van der Waals surface area contributed by atoms with E-state index in [1.807, 2.05) is 0 Å². The van der Waals surface area contributed by atoms with Gasteiger partial charge in [-0.25, -0.2) is 10.8 Å². The molecule has 0 aromatic carbocycles. The maximum absolute atomic E-state index is 12.3. The average molecular weight is 266 g/mol. The standard InChI is InChI=1S/C12H18N4O3/c1-18-9-6-16(7-10(9)19-2)12(17)8-3-4-11(15-13)14-5-8/h3-5,9-10H,6-7,13H2,1-2H3,(H,14,15). The van der Waals surface area contributed by atoms with Crippen molar-refractivity contribution in [3.8, 4) is 0 Å². The summed E-state index contributed by atoms with van der Waals surface area (Å²) >= 11 is 0. The fraction of sp³-hybridized carbons (Fsp3) is 0.500. The predicted molar refractivity (Wildman–Crippen MR) is 69.5 cm³/mol. The van der Waals surface area contributed by atoms with Crippen LogP contribution in [-0.4, -0.2) is 55.3 Å². The van der Waals surface area contributed by atoms with E-state index in [1.165, 1.54) is 6.20 Å². The molecule has 1 fully saturated rings. The van der Waals surface area contributed by atoms with Crippen LogP contribution in [0.2, 0.25) is 0 Å². The minimum atomic E-state index is -0.0908. The van der Waals surface area contributed by atoms with E-state index in [9.17, 15) is 4.79 Å². The number of nitrogens with one attached hydrogen (secondary N) is 1. The molecule has 7 nitrogen and oxygen atoms in total. The first-order valence-corrected chi connectivity index (χ1v) is 5.97. The first-order chi connectivity index (χ1) is 9.19. The van der Waals surface area contributed by atoms with E-state index < -0.39 is 0 Å². The number of pyridine rings is 1. The highest BCUT2D eigenvalue weighted by atomic mass is 16.5. The van der Waals surface area contributed by atoms with Gasteiger partial charge in [-0.05, 0) is 12.1 Å². The lowest BCUT2D eigenvalue weighted by atomic mass is 10.2. The van der Waals surface area contributed by atoms with E-state index in [0.29, 0.717) is 24.5 Å². The number of nitrogens with zero attached hydrogens (tertiary/aromatic N) is 2. The van der Waals surface area contributed by atoms with Crippen LogP contribution in [0.25, 0.3) is 0 Å². The molecule has 0 bridgehead atoms. The Balaban J connectivity index is 2.07. The molecule has 3 N–H and O–H groups in total. The molecule has 0 radical (unpaired) electrons. The van der Waals surface area contributed by atoms with Crippen molar-refractivity contribution < 1.29 is 14.3 Å². The normalized spacial score (nSPS) is 22.6. The lowest BCUT2D eigenvalue weighted by Gasteiger charge is -2.15. The van der Waals surface area contributed by atoms with Gasteiger partial charge in [0.05, 0.1) is 5.56 Å². The molecule has 1 aromatic heterocycles. The number of hydrogen-bond donors (Lipinski definition) is 2. The highest BCUT2D eigenvalue weighted by molar-refractivity contribution is 5.94. The largest absolute Gasteiger partial charge is 0.377 e. The number of nitrogens with two attached hydrogens (primary N) is 1. The van der Waals surface area contributed by atoms with Gasteiger partial charge in [-0.3, -0.25) is 4.79 Å². The number of hydrazine groups is 1. The van der Waals surface area contributed by atoms with Crippen molar-refractivity contribution in [2.45, 2.75) is 12.2 Å². The van der Waals surface area contributed by atoms with Crippen molar-refractivity contribution in [1.82, 2.24) is 9.88 Å². The molecule has 1 aromatic rings. The molecule has 104 valence electrons. The molecule has 19 heavy (non-hydrogen) atoms. The monoisotopic (exact) mass is 266 g/mol. The average Bonchev–Trinajstić information content (AvgIpc) is 2.89. The molecule has 0 spiro atoms. The molecule has 2 rings (SSSR count). The first kappa shape index (κ1) is 13.7. The summed E-state index contributed by atoms with van der Waals surface area (Å²) < 4.78 is 10.6. The maximum Gasteiger partial charge on any atom is 0.255 e. The second-order valence-electron chi connectivity index (χ2n) is 4.33. The molecule has 2 atom stereocenters. The molecule has 0 aliphatic carbocycles. The third-order valence-electron chi connectivity index (χ3n) is 3.27. The molecule has 7 heteroatoms. The van der Waals surface area contributed by atoms with Crippen molar-refractivity contribution in [2.24, 2.45) is 5.84 Å². The number of carbonyl (C=O) groups excluding carboxylic acids is 1. The summed E-state index contributed by atoms with van der Waals surface area (Å²) in [4.78, 5) is 18.0. The molecule has 2 unspecified atom stereocenters. The van der Waals surface area contributed by atoms with E-state index in [-0.39, 0.29) is 18.1 Å². The minimum Gasteiger partial charge on any atom is -0.377 e. The number of aromatic nitrogens is 1. The third kappa shape index (κ3) is 2.83. The number of ether oxygens (including phenoxy) is 2. The number of likely N-dealkylation sites (tertiary alicyclic amines) is 1. The van der Waals surface area contributed by atoms with E-state index in [2.05, 4.69) is 10.4 Å². The second-order valence-corrected chi connectivity index (χ2v) is 4.33. The first-order valence-electron chi connectivity index (χ1n) is 5.97. The van der Waals surface area contributed by atoms with Gasteiger partial charge < -0.3 is 19.8 Å². The fourth-order valence-corrected chi connectivity index (χ4v) is 2.15. The number of methoxy groups -OCH3 is 2. The van der Waals surface area contributed by atoms with Gasteiger partial charge in [0.15, 0.2) is 0 Å². The number of carbonyl (C=O) groups is 1. The number of nitrogen functional groups attached to an aromatic ring is 1. The second kappa shape index (κ2) is 5.96. The van der Waals surface area contributed by atoms with Gasteiger partial charge in [0.2, 0.25) is 0 Å². The quantitative estimate of drug-likeness (QED) is 0.582. The molecule has 2 heterocycles. The van der Waals surface area contributed by atoms with E-state index in [1.54, 1.807) is 31.3 Å². The van der Waals surface area contributed by atoms with Crippen LogP contribution >= 0.6 is 0 Å². The van der Waals surface area contributed by atoms with Crippen LogP contribution in [0.15, 0.2) is 18.3 Å². The molecular weight excluding hydrogens is 248 g/mol. The smallest absolute Gasteiger partial charge is 0.255 e. The summed E-state index contributed by atoms with van der Waals surface area (Å²) in [7, 11) is 3.24. The molecule has 0 saturated carbocycles. The molecular formula is C12H18N4O3. The van der Waals surface area contributed by atoms with Gasteiger partial charge in [0.1, 0.15) is 18.0 Å². The predicted octanol–water partition coefficient (Wildman–Crippen LogP) is -0.147. The SMILES string of the molecule is COC1CN(C(=O)c2ccc(NN)nc2)CC1OC. The topological polar surface area (TPSA) is 89.7 Å². The third-order valence-corrected chi connectivity index (χ3v) is 3.27. The Kier molecular flexibility index (Phi) is 4.31. The summed E-state index contributed by atoms with van der Waals surface area (Å²) in [6, 6.07) is 3.34. The zero-order chi connectivity index (χ0) is 13.8. The Bertz CT molecular complexity index is 425. The van der Waals surface area contributed by atoms with Crippen LogP contribution < -0.4 is 11.3 Å². The number of anilines is 1. The molecule has 1 amide bonds. The number of hydrogen-bond acceptors (Lipinski definition) is 6. The Morgan fingerprint density at radius 3 is 2.42 bits per heavy atom. The lowest BCUT2D eigenvalue weighted by Crippen LogP contribution is -2.30. The number of amides is 1. The minimum absolute atomic E-state index is 0.0855. The summed E-state index contributed by atoms with van der Waals surface area (Å²) in [5, 5.41) is 0. The van der Waals surface area contributed by atoms with Gasteiger partial charge in [0.25, 0.3) is 5.91 Å². The van der Waals surface area contributed by atoms with Crippen molar-refractivity contribution in [2.75, 3.05) is 32.7 Å². The molecule has 1 aliphatic rings. The van der Waals surface area contributed by atoms with Gasteiger partial charge in [-0.15, -0.1) is 0 Å². The summed E-state index contributed by atoms with van der Waals surface area (Å²) in [5.41, 5.74) is 2.94. The zero-order valence-electron chi connectivity index (χ0n) is 11.0. The van der Waals surface area contributed by atoms with Crippen LogP contribution in [0.4, 0.5) is 5.82 Å². The van der Waals surface area contributed by atoms with Gasteiger partial charge in [-0.2, -0.15) is 0 Å². The molecule has 1 aliphatic heterocycles. The van der Waals surface area contributed by atoms with Crippen LogP contribution in [-0.2, 0) is 9.47 Å². The van der Waals surface area contributed by atoms with Crippen molar-refractivity contribution in [3.05, 3.63) is 23.9 Å². The zero-order valence-corrected chi connectivity index (χ0v) is 11.0. The van der Waals surface area contributed by atoms with Crippen LogP contribution in [0.1, 0.15) is 10.4 Å². The summed E-state index contributed by atoms with van der Waals surface area (Å²) in [6.45, 7) is 1.04. The summed E-state index contributed by atoms with van der Waals surface area (Å²) in [6.07, 6.45) is 1.32. The van der Waals surface area contributed by atoms with Crippen molar-refractivity contribution >= 4 is 11.7 Å². The van der Waals surface area contributed by atoms with Gasteiger partial charge in [0, 0.05) is 33.5 Å².